The number of carbonyl (C=O) groups excluding carboxylic acids is 1. The lowest BCUT2D eigenvalue weighted by atomic mass is 9.97. The predicted octanol–water partition coefficient (Wildman–Crippen LogP) is 6.07. The molecule has 5 aromatic rings. The summed E-state index contributed by atoms with van der Waals surface area (Å²) in [6, 6.07) is 38.6. The fourth-order valence-electron chi connectivity index (χ4n) is 4.43. The first-order valence-electron chi connectivity index (χ1n) is 11.1. The normalized spacial score (nSPS) is 11.3. The largest absolute Gasteiger partial charge is 0.426 e. The van der Waals surface area contributed by atoms with E-state index in [1.165, 1.54) is 6.92 Å². The fraction of sp³-hybridized carbons (Fsp3) is 0.0333. The molecule has 0 unspecified atom stereocenters. The zero-order chi connectivity index (χ0) is 23.5. The molecule has 5 aromatic carbocycles. The minimum absolute atomic E-state index is 0.400. The van der Waals surface area contributed by atoms with Gasteiger partial charge < -0.3 is 9.30 Å². The van der Waals surface area contributed by atoms with Crippen molar-refractivity contribution in [3.63, 3.8) is 0 Å². The summed E-state index contributed by atoms with van der Waals surface area (Å²) < 4.78 is 20.8. The highest BCUT2D eigenvalue weighted by Gasteiger charge is 2.33. The minimum Gasteiger partial charge on any atom is -0.426 e. The Bertz CT molecular complexity index is 1480. The molecule has 3 nitrogen and oxygen atoms in total. The smallest absolute Gasteiger partial charge is 0.308 e. The molecule has 0 saturated carbocycles. The molecule has 0 aliphatic rings. The summed E-state index contributed by atoms with van der Waals surface area (Å²) in [5.41, 5.74) is 1.54. The van der Waals surface area contributed by atoms with E-state index in [0.717, 1.165) is 32.5 Å². The van der Waals surface area contributed by atoms with E-state index in [0.29, 0.717) is 11.1 Å². The first-order valence-corrected chi connectivity index (χ1v) is 12.8. The average Bonchev–Trinajstić information content (AvgIpc) is 2.89. The minimum atomic E-state index is -3.25. The molecular weight excluding hydrogens is 439 g/mol. The van der Waals surface area contributed by atoms with Crippen LogP contribution in [0.25, 0.3) is 21.9 Å². The molecule has 0 radical (unpaired) electrons. The quantitative estimate of drug-likeness (QED) is 0.181. The van der Waals surface area contributed by atoms with E-state index < -0.39 is 13.1 Å². The summed E-state index contributed by atoms with van der Waals surface area (Å²) in [7, 11) is -3.25. The van der Waals surface area contributed by atoms with Gasteiger partial charge in [-0.15, -0.1) is 0 Å². The first kappa shape index (κ1) is 21.9. The van der Waals surface area contributed by atoms with E-state index in [4.69, 9.17) is 4.74 Å². The number of hydrogen-bond donors (Lipinski definition) is 0. The Labute approximate surface area is 199 Å². The Morgan fingerprint density at radius 2 is 1.21 bits per heavy atom. The summed E-state index contributed by atoms with van der Waals surface area (Å²) >= 11 is 0. The number of fused-ring (bicyclic) bond motifs is 1. The number of ether oxygens (including phenoxy) is 1. The van der Waals surface area contributed by atoms with Crippen LogP contribution in [0.4, 0.5) is 0 Å². The van der Waals surface area contributed by atoms with Crippen molar-refractivity contribution in [2.45, 2.75) is 6.92 Å². The van der Waals surface area contributed by atoms with Gasteiger partial charge in [0.2, 0.25) is 0 Å². The van der Waals surface area contributed by atoms with Gasteiger partial charge in [-0.25, -0.2) is 0 Å². The predicted molar refractivity (Wildman–Crippen MR) is 140 cm³/mol. The second-order valence-electron chi connectivity index (χ2n) is 8.05. The SMILES string of the molecule is CC(=O)Oc1ccc2ccccc2c1-c1ccccc1P(=O)(c1ccccc1)c1ccccc1. The Kier molecular flexibility index (Phi) is 5.88. The maximum Gasteiger partial charge on any atom is 0.308 e. The van der Waals surface area contributed by atoms with Crippen LogP contribution in [-0.4, -0.2) is 5.97 Å². The number of esters is 1. The maximum atomic E-state index is 15.2. The Morgan fingerprint density at radius 3 is 1.85 bits per heavy atom. The van der Waals surface area contributed by atoms with Crippen molar-refractivity contribution in [1.29, 1.82) is 0 Å². The molecule has 0 spiro atoms. The number of benzene rings is 5. The monoisotopic (exact) mass is 462 g/mol. The van der Waals surface area contributed by atoms with Crippen LogP contribution in [0, 0.1) is 0 Å². The van der Waals surface area contributed by atoms with Crippen LogP contribution >= 0.6 is 7.14 Å². The zero-order valence-corrected chi connectivity index (χ0v) is 19.6. The van der Waals surface area contributed by atoms with Gasteiger partial charge in [0.05, 0.1) is 0 Å². The molecule has 0 aliphatic carbocycles. The molecule has 0 N–H and O–H groups in total. The van der Waals surface area contributed by atoms with Crippen molar-refractivity contribution in [1.82, 2.24) is 0 Å². The van der Waals surface area contributed by atoms with Crippen molar-refractivity contribution in [3.8, 4) is 16.9 Å². The Morgan fingerprint density at radius 1 is 0.647 bits per heavy atom. The summed E-state index contributed by atoms with van der Waals surface area (Å²) in [4.78, 5) is 12.0. The molecule has 5 rings (SSSR count). The van der Waals surface area contributed by atoms with Crippen LogP contribution < -0.4 is 20.7 Å². The van der Waals surface area contributed by atoms with E-state index in [2.05, 4.69) is 0 Å². The molecule has 0 amide bonds. The molecular formula is C30H23O3P. The lowest BCUT2D eigenvalue weighted by molar-refractivity contribution is -0.131. The molecule has 166 valence electrons. The van der Waals surface area contributed by atoms with E-state index in [9.17, 15) is 4.79 Å². The third-order valence-electron chi connectivity index (χ3n) is 5.90. The second kappa shape index (κ2) is 9.13. The topological polar surface area (TPSA) is 43.4 Å². The highest BCUT2D eigenvalue weighted by Crippen LogP contribution is 2.47. The van der Waals surface area contributed by atoms with Gasteiger partial charge in [0.15, 0.2) is 7.14 Å². The Balaban J connectivity index is 1.88. The molecule has 0 bridgehead atoms. The maximum absolute atomic E-state index is 15.2. The van der Waals surface area contributed by atoms with Gasteiger partial charge in [0.1, 0.15) is 5.75 Å². The molecule has 4 heteroatoms. The summed E-state index contributed by atoms with van der Waals surface area (Å²) in [6.07, 6.45) is 0. The molecule has 0 aromatic heterocycles. The van der Waals surface area contributed by atoms with Crippen molar-refractivity contribution in [2.75, 3.05) is 0 Å². The van der Waals surface area contributed by atoms with E-state index in [-0.39, 0.29) is 0 Å². The molecule has 0 fully saturated rings. The lowest BCUT2D eigenvalue weighted by Crippen LogP contribution is -2.26. The van der Waals surface area contributed by atoms with Crippen LogP contribution in [0.2, 0.25) is 0 Å². The third-order valence-corrected chi connectivity index (χ3v) is 9.02. The average molecular weight is 462 g/mol. The molecule has 0 atom stereocenters. The van der Waals surface area contributed by atoms with Crippen LogP contribution in [0.15, 0.2) is 121 Å². The number of carbonyl (C=O) groups is 1. The highest BCUT2D eigenvalue weighted by atomic mass is 31.2. The molecule has 0 aliphatic heterocycles. The number of rotatable bonds is 5. The molecule has 0 saturated heterocycles. The van der Waals surface area contributed by atoms with Gasteiger partial charge >= 0.3 is 5.97 Å². The van der Waals surface area contributed by atoms with Crippen molar-refractivity contribution in [2.24, 2.45) is 0 Å². The van der Waals surface area contributed by atoms with Gasteiger partial charge in [0, 0.05) is 28.4 Å². The van der Waals surface area contributed by atoms with Crippen LogP contribution in [0.3, 0.4) is 0 Å². The lowest BCUT2D eigenvalue weighted by Gasteiger charge is -2.24. The van der Waals surface area contributed by atoms with Crippen molar-refractivity contribution >= 4 is 39.8 Å². The fourth-order valence-corrected chi connectivity index (χ4v) is 7.29. The summed E-state index contributed by atoms with van der Waals surface area (Å²) in [5.74, 6) is 0.0506. The molecule has 34 heavy (non-hydrogen) atoms. The van der Waals surface area contributed by atoms with E-state index in [1.807, 2.05) is 121 Å². The van der Waals surface area contributed by atoms with Crippen LogP contribution in [0.5, 0.6) is 5.75 Å². The third kappa shape index (κ3) is 3.85. The standard InChI is InChI=1S/C30H23O3P/c1-22(31)33-28-21-20-23-12-8-9-17-26(23)30(28)27-18-10-11-19-29(27)34(32,24-13-4-2-5-14-24)25-15-6-3-7-16-25/h2-21H,1H3. The van der Waals surface area contributed by atoms with Gasteiger partial charge in [0.25, 0.3) is 0 Å². The van der Waals surface area contributed by atoms with Gasteiger partial charge in [-0.2, -0.15) is 0 Å². The second-order valence-corrected chi connectivity index (χ2v) is 10.8. The van der Waals surface area contributed by atoms with E-state index >= 15 is 4.57 Å². The number of hydrogen-bond acceptors (Lipinski definition) is 3. The van der Waals surface area contributed by atoms with Crippen molar-refractivity contribution < 1.29 is 14.1 Å². The first-order chi connectivity index (χ1) is 16.6. The van der Waals surface area contributed by atoms with Gasteiger partial charge in [-0.1, -0.05) is 115 Å². The summed E-state index contributed by atoms with van der Waals surface area (Å²) in [6.45, 7) is 1.39. The summed E-state index contributed by atoms with van der Waals surface area (Å²) in [5, 5.41) is 4.15. The highest BCUT2D eigenvalue weighted by molar-refractivity contribution is 7.85. The van der Waals surface area contributed by atoms with Crippen LogP contribution in [0.1, 0.15) is 6.92 Å². The Hall–Kier alpha value is -3.94. The van der Waals surface area contributed by atoms with Crippen LogP contribution in [-0.2, 0) is 9.36 Å². The van der Waals surface area contributed by atoms with Gasteiger partial charge in [-0.3, -0.25) is 4.79 Å². The van der Waals surface area contributed by atoms with Crippen molar-refractivity contribution in [3.05, 3.63) is 121 Å². The van der Waals surface area contributed by atoms with Gasteiger partial charge in [-0.05, 0) is 22.4 Å². The molecule has 0 heterocycles. The van der Waals surface area contributed by atoms with E-state index in [1.54, 1.807) is 0 Å². The zero-order valence-electron chi connectivity index (χ0n) is 18.7.